The second kappa shape index (κ2) is 7.66. The van der Waals surface area contributed by atoms with E-state index in [2.05, 4.69) is 12.2 Å². The number of hydrogen-bond acceptors (Lipinski definition) is 4. The fourth-order valence-corrected chi connectivity index (χ4v) is 4.55. The second-order valence-corrected chi connectivity index (χ2v) is 8.64. The highest BCUT2D eigenvalue weighted by Crippen LogP contribution is 2.26. The van der Waals surface area contributed by atoms with E-state index in [0.29, 0.717) is 24.7 Å². The predicted octanol–water partition coefficient (Wildman–Crippen LogP) is 3.20. The third-order valence-electron chi connectivity index (χ3n) is 4.66. The van der Waals surface area contributed by atoms with Gasteiger partial charge in [0.05, 0.1) is 0 Å². The first-order valence-corrected chi connectivity index (χ1v) is 10.1. The van der Waals surface area contributed by atoms with Crippen LogP contribution in [0.3, 0.4) is 0 Å². The Labute approximate surface area is 157 Å². The van der Waals surface area contributed by atoms with Gasteiger partial charge in [0.2, 0.25) is 10.0 Å². The molecule has 3 rings (SSSR count). The molecule has 2 aromatic rings. The molecule has 0 saturated carbocycles. The van der Waals surface area contributed by atoms with Crippen LogP contribution in [0.5, 0.6) is 5.75 Å². The summed E-state index contributed by atoms with van der Waals surface area (Å²) in [5, 5.41) is 12.0. The zero-order valence-corrected chi connectivity index (χ0v) is 15.7. The molecule has 8 heteroatoms. The summed E-state index contributed by atoms with van der Waals surface area (Å²) in [5.74, 6) is -1.07. The molecule has 1 saturated heterocycles. The first kappa shape index (κ1) is 19.3. The van der Waals surface area contributed by atoms with Gasteiger partial charge in [-0.05, 0) is 49.1 Å². The highest BCUT2D eigenvalue weighted by atomic mass is 32.2. The summed E-state index contributed by atoms with van der Waals surface area (Å²) < 4.78 is 41.2. The number of amides is 1. The summed E-state index contributed by atoms with van der Waals surface area (Å²) in [4.78, 5) is 11.9. The molecule has 0 radical (unpaired) electrons. The van der Waals surface area contributed by atoms with E-state index in [-0.39, 0.29) is 11.3 Å². The molecular formula is C19H21FN2O4S. The number of carbonyl (C=O) groups is 1. The zero-order chi connectivity index (χ0) is 19.6. The monoisotopic (exact) mass is 392 g/mol. The lowest BCUT2D eigenvalue weighted by Gasteiger charge is -2.29. The lowest BCUT2D eigenvalue weighted by molar-refractivity contribution is 0.102. The Morgan fingerprint density at radius 2 is 1.89 bits per heavy atom. The molecule has 144 valence electrons. The molecule has 1 fully saturated rings. The van der Waals surface area contributed by atoms with Crippen molar-refractivity contribution in [3.05, 3.63) is 53.8 Å². The summed E-state index contributed by atoms with van der Waals surface area (Å²) in [7, 11) is -4.01. The van der Waals surface area contributed by atoms with Gasteiger partial charge >= 0.3 is 0 Å². The summed E-state index contributed by atoms with van der Waals surface area (Å²) in [5.41, 5.74) is 0.363. The van der Waals surface area contributed by atoms with Gasteiger partial charge in [0, 0.05) is 30.4 Å². The molecule has 0 spiro atoms. The number of benzene rings is 2. The number of nitrogens with one attached hydrogen (secondary N) is 1. The van der Waals surface area contributed by atoms with Gasteiger partial charge in [0.1, 0.15) is 16.5 Å². The third-order valence-corrected chi connectivity index (χ3v) is 6.57. The minimum absolute atomic E-state index is 0.0173. The zero-order valence-electron chi connectivity index (χ0n) is 14.9. The van der Waals surface area contributed by atoms with Gasteiger partial charge in [-0.3, -0.25) is 4.79 Å². The minimum atomic E-state index is -4.01. The van der Waals surface area contributed by atoms with E-state index in [1.54, 1.807) is 12.1 Å². The fourth-order valence-electron chi connectivity index (χ4n) is 2.99. The Balaban J connectivity index is 1.86. The largest absolute Gasteiger partial charge is 0.508 e. The number of aromatic hydroxyl groups is 1. The van der Waals surface area contributed by atoms with Crippen molar-refractivity contribution < 1.29 is 22.7 Å². The molecule has 27 heavy (non-hydrogen) atoms. The Morgan fingerprint density at radius 1 is 1.19 bits per heavy atom. The standard InChI is InChI=1S/C19H21FN2O4S/c1-13-7-9-22(10-8-13)27(25,26)18-11-14(5-6-17(18)20)19(24)21-15-3-2-4-16(23)12-15/h2-6,11-13,23H,7-10H2,1H3,(H,21,24). The van der Waals surface area contributed by atoms with Crippen LogP contribution in [0.4, 0.5) is 10.1 Å². The van der Waals surface area contributed by atoms with E-state index in [9.17, 15) is 22.7 Å². The average molecular weight is 392 g/mol. The van der Waals surface area contributed by atoms with Gasteiger partial charge in [-0.15, -0.1) is 0 Å². The molecule has 0 atom stereocenters. The number of nitrogens with zero attached hydrogens (tertiary/aromatic N) is 1. The van der Waals surface area contributed by atoms with Crippen molar-refractivity contribution in [2.45, 2.75) is 24.7 Å². The lowest BCUT2D eigenvalue weighted by Crippen LogP contribution is -2.38. The van der Waals surface area contributed by atoms with Crippen LogP contribution in [0.2, 0.25) is 0 Å². The highest BCUT2D eigenvalue weighted by molar-refractivity contribution is 7.89. The molecule has 1 amide bonds. The molecule has 0 aromatic heterocycles. The number of phenols is 1. The molecule has 6 nitrogen and oxygen atoms in total. The van der Waals surface area contributed by atoms with Crippen molar-refractivity contribution in [2.75, 3.05) is 18.4 Å². The van der Waals surface area contributed by atoms with Crippen LogP contribution in [0.15, 0.2) is 47.4 Å². The Bertz CT molecular complexity index is 954. The molecule has 2 N–H and O–H groups in total. The van der Waals surface area contributed by atoms with Crippen LogP contribution in [-0.4, -0.2) is 36.8 Å². The van der Waals surface area contributed by atoms with Crippen LogP contribution < -0.4 is 5.32 Å². The molecule has 1 heterocycles. The SMILES string of the molecule is CC1CCN(S(=O)(=O)c2cc(C(=O)Nc3cccc(O)c3)ccc2F)CC1. The van der Waals surface area contributed by atoms with Crippen molar-refractivity contribution in [3.8, 4) is 5.75 Å². The molecule has 0 aliphatic carbocycles. The van der Waals surface area contributed by atoms with E-state index in [0.717, 1.165) is 25.0 Å². The van der Waals surface area contributed by atoms with E-state index >= 15 is 0 Å². The van der Waals surface area contributed by atoms with Crippen molar-refractivity contribution in [1.29, 1.82) is 0 Å². The maximum absolute atomic E-state index is 14.3. The average Bonchev–Trinajstić information content (AvgIpc) is 2.62. The minimum Gasteiger partial charge on any atom is -0.508 e. The summed E-state index contributed by atoms with van der Waals surface area (Å²) in [6.45, 7) is 2.72. The molecule has 1 aliphatic heterocycles. The maximum Gasteiger partial charge on any atom is 0.255 e. The normalized spacial score (nSPS) is 16.2. The van der Waals surface area contributed by atoms with Gasteiger partial charge < -0.3 is 10.4 Å². The molecular weight excluding hydrogens is 371 g/mol. The first-order chi connectivity index (χ1) is 12.8. The number of anilines is 1. The predicted molar refractivity (Wildman–Crippen MR) is 99.6 cm³/mol. The number of carbonyl (C=O) groups excluding carboxylic acids is 1. The number of halogens is 1. The molecule has 0 bridgehead atoms. The lowest BCUT2D eigenvalue weighted by atomic mass is 10.0. The maximum atomic E-state index is 14.3. The van der Waals surface area contributed by atoms with Crippen LogP contribution >= 0.6 is 0 Å². The number of piperidine rings is 1. The smallest absolute Gasteiger partial charge is 0.255 e. The first-order valence-electron chi connectivity index (χ1n) is 8.67. The van der Waals surface area contributed by atoms with Crippen LogP contribution in [0.1, 0.15) is 30.1 Å². The van der Waals surface area contributed by atoms with Gasteiger partial charge in [0.15, 0.2) is 0 Å². The molecule has 1 aliphatic rings. The van der Waals surface area contributed by atoms with Gasteiger partial charge in [-0.25, -0.2) is 12.8 Å². The Morgan fingerprint density at radius 3 is 2.56 bits per heavy atom. The van der Waals surface area contributed by atoms with Crippen LogP contribution in [0.25, 0.3) is 0 Å². The number of phenolic OH excluding ortho intramolecular Hbond substituents is 1. The number of hydrogen-bond donors (Lipinski definition) is 2. The summed E-state index contributed by atoms with van der Waals surface area (Å²) in [6.07, 6.45) is 1.44. The van der Waals surface area contributed by atoms with Crippen LogP contribution in [0, 0.1) is 11.7 Å². The van der Waals surface area contributed by atoms with Crippen molar-refractivity contribution in [3.63, 3.8) is 0 Å². The second-order valence-electron chi connectivity index (χ2n) is 6.74. The van der Waals surface area contributed by atoms with E-state index < -0.39 is 26.6 Å². The van der Waals surface area contributed by atoms with Gasteiger partial charge in [-0.1, -0.05) is 13.0 Å². The van der Waals surface area contributed by atoms with Gasteiger partial charge in [0.25, 0.3) is 5.91 Å². The van der Waals surface area contributed by atoms with Crippen LogP contribution in [-0.2, 0) is 10.0 Å². The summed E-state index contributed by atoms with van der Waals surface area (Å²) >= 11 is 0. The Kier molecular flexibility index (Phi) is 5.48. The number of sulfonamides is 1. The van der Waals surface area contributed by atoms with E-state index in [1.165, 1.54) is 22.5 Å². The highest BCUT2D eigenvalue weighted by Gasteiger charge is 2.31. The Hall–Kier alpha value is -2.45. The van der Waals surface area contributed by atoms with E-state index in [1.807, 2.05) is 0 Å². The topological polar surface area (TPSA) is 86.7 Å². The van der Waals surface area contributed by atoms with Crippen molar-refractivity contribution >= 4 is 21.6 Å². The fraction of sp³-hybridized carbons (Fsp3) is 0.316. The number of rotatable bonds is 4. The molecule has 0 unspecified atom stereocenters. The van der Waals surface area contributed by atoms with E-state index in [4.69, 9.17) is 0 Å². The van der Waals surface area contributed by atoms with Crippen molar-refractivity contribution in [2.24, 2.45) is 5.92 Å². The van der Waals surface area contributed by atoms with Gasteiger partial charge in [-0.2, -0.15) is 4.31 Å². The quantitative estimate of drug-likeness (QED) is 0.837. The summed E-state index contributed by atoms with van der Waals surface area (Å²) in [6, 6.07) is 9.21. The van der Waals surface area contributed by atoms with Crippen molar-refractivity contribution in [1.82, 2.24) is 4.31 Å². The third kappa shape index (κ3) is 4.28. The molecule has 2 aromatic carbocycles.